The first kappa shape index (κ1) is 17.6. The van der Waals surface area contributed by atoms with Gasteiger partial charge in [0.05, 0.1) is 11.4 Å². The molecule has 0 amide bonds. The molecule has 0 aliphatic heterocycles. The van der Waals surface area contributed by atoms with Gasteiger partial charge in [-0.25, -0.2) is 0 Å². The lowest BCUT2D eigenvalue weighted by Gasteiger charge is -2.22. The number of hydrogen-bond donors (Lipinski definition) is 0. The van der Waals surface area contributed by atoms with E-state index in [-0.39, 0.29) is 0 Å². The predicted octanol–water partition coefficient (Wildman–Crippen LogP) is 6.42. The van der Waals surface area contributed by atoms with E-state index in [4.69, 9.17) is 0 Å². The van der Waals surface area contributed by atoms with Gasteiger partial charge >= 0.3 is 0 Å². The number of allylic oxidation sites excluding steroid dienone is 1. The van der Waals surface area contributed by atoms with Crippen molar-refractivity contribution >= 4 is 17.5 Å². The highest BCUT2D eigenvalue weighted by molar-refractivity contribution is 5.74. The van der Waals surface area contributed by atoms with Crippen LogP contribution in [0.15, 0.2) is 78.9 Å². The Bertz CT molecular complexity index is 934. The van der Waals surface area contributed by atoms with Crippen molar-refractivity contribution in [2.75, 3.05) is 4.90 Å². The van der Waals surface area contributed by atoms with E-state index in [0.717, 1.165) is 16.9 Å². The molecule has 1 nitrogen and oxygen atoms in total. The molecule has 0 N–H and O–H groups in total. The normalized spacial score (nSPS) is 10.4. The number of benzene rings is 3. The van der Waals surface area contributed by atoms with Crippen LogP contribution in [0.5, 0.6) is 0 Å². The van der Waals surface area contributed by atoms with Crippen molar-refractivity contribution in [3.8, 4) is 12.0 Å². The Balaban J connectivity index is 1.99. The minimum absolute atomic E-state index is 1.07. The van der Waals surface area contributed by atoms with E-state index in [1.54, 1.807) is 0 Å². The van der Waals surface area contributed by atoms with Crippen LogP contribution in [-0.2, 0) is 0 Å². The van der Waals surface area contributed by atoms with Crippen LogP contribution in [-0.4, -0.2) is 0 Å². The summed E-state index contributed by atoms with van der Waals surface area (Å²) in [6.07, 6.45) is 3.94. The number of nitrogens with zero attached hydrogens (tertiary/aromatic N) is 1. The van der Waals surface area contributed by atoms with Gasteiger partial charge in [0.1, 0.15) is 0 Å². The van der Waals surface area contributed by atoms with Crippen LogP contribution in [0.25, 0.3) is 6.08 Å². The van der Waals surface area contributed by atoms with Crippen LogP contribution >= 0.6 is 0 Å². The zero-order valence-electron chi connectivity index (χ0n) is 15.5. The third-order valence-electron chi connectivity index (χ3n) is 4.21. The van der Waals surface area contributed by atoms with Crippen molar-refractivity contribution in [2.24, 2.45) is 0 Å². The summed E-state index contributed by atoms with van der Waals surface area (Å²) in [5.74, 6) is 3.20. The quantitative estimate of drug-likeness (QED) is 0.393. The summed E-state index contributed by atoms with van der Waals surface area (Å²) in [7, 11) is 0. The maximum Gasteiger partial charge on any atom is 0.0604 e. The molecule has 0 saturated heterocycles. The fraction of sp³-hybridized carbons (Fsp3) is 0.120. The van der Waals surface area contributed by atoms with Gasteiger partial charge in [-0.2, -0.15) is 0 Å². The Kier molecular flexibility index (Phi) is 5.56. The van der Waals surface area contributed by atoms with Crippen LogP contribution in [0.1, 0.15) is 22.3 Å². The first-order chi connectivity index (χ1) is 12.6. The second kappa shape index (κ2) is 8.23. The molecule has 0 heterocycles. The molecule has 0 aromatic heterocycles. The summed E-state index contributed by atoms with van der Waals surface area (Å²) in [4.78, 5) is 2.08. The molecular formula is C25H23N. The van der Waals surface area contributed by atoms with Crippen LogP contribution in [0.2, 0.25) is 0 Å². The van der Waals surface area contributed by atoms with Crippen molar-refractivity contribution in [1.82, 2.24) is 0 Å². The molecule has 0 aliphatic carbocycles. The van der Waals surface area contributed by atoms with Crippen molar-refractivity contribution in [2.45, 2.75) is 20.8 Å². The zero-order valence-corrected chi connectivity index (χ0v) is 15.5. The first-order valence-corrected chi connectivity index (χ1v) is 8.81. The van der Waals surface area contributed by atoms with E-state index < -0.39 is 0 Å². The largest absolute Gasteiger partial charge is 0.269 e. The van der Waals surface area contributed by atoms with Crippen molar-refractivity contribution < 1.29 is 0 Å². The minimum atomic E-state index is 1.07. The summed E-state index contributed by atoms with van der Waals surface area (Å²) in [6, 6.07) is 28.3. The number of rotatable bonds is 3. The third-order valence-corrected chi connectivity index (χ3v) is 4.21. The molecule has 0 unspecified atom stereocenters. The molecular weight excluding hydrogens is 314 g/mol. The summed E-state index contributed by atoms with van der Waals surface area (Å²) in [5.41, 5.74) is 7.11. The average molecular weight is 337 g/mol. The van der Waals surface area contributed by atoms with Crippen LogP contribution in [0.3, 0.4) is 0 Å². The van der Waals surface area contributed by atoms with Gasteiger partial charge in [-0.15, -0.1) is 0 Å². The maximum absolute atomic E-state index is 3.32. The first-order valence-electron chi connectivity index (χ1n) is 8.81. The highest BCUT2D eigenvalue weighted by Crippen LogP contribution is 2.31. The van der Waals surface area contributed by atoms with Crippen molar-refractivity contribution in [3.05, 3.63) is 101 Å². The highest BCUT2D eigenvalue weighted by atomic mass is 15.1. The summed E-state index contributed by atoms with van der Waals surface area (Å²) >= 11 is 0. The van der Waals surface area contributed by atoms with Crippen LogP contribution < -0.4 is 4.90 Å². The Labute approximate surface area is 156 Å². The van der Waals surface area contributed by atoms with Gasteiger partial charge in [0.15, 0.2) is 0 Å². The molecule has 0 aliphatic rings. The lowest BCUT2D eigenvalue weighted by Crippen LogP contribution is -2.12. The van der Waals surface area contributed by atoms with Gasteiger partial charge in [0.2, 0.25) is 0 Å². The molecule has 1 heteroatoms. The van der Waals surface area contributed by atoms with Crippen molar-refractivity contribution in [1.29, 1.82) is 0 Å². The van der Waals surface area contributed by atoms with E-state index in [2.05, 4.69) is 74.0 Å². The molecule has 3 aromatic carbocycles. The monoisotopic (exact) mass is 337 g/mol. The predicted molar refractivity (Wildman–Crippen MR) is 112 cm³/mol. The van der Waals surface area contributed by atoms with Crippen molar-refractivity contribution in [3.63, 3.8) is 0 Å². The Morgan fingerprint density at radius 1 is 0.769 bits per heavy atom. The van der Waals surface area contributed by atoms with Gasteiger partial charge in [-0.05, 0) is 61.7 Å². The summed E-state index contributed by atoms with van der Waals surface area (Å²) in [5, 5.41) is 0. The van der Waals surface area contributed by atoms with Gasteiger partial charge in [-0.3, -0.25) is 4.90 Å². The number of para-hydroxylation sites is 1. The van der Waals surface area contributed by atoms with E-state index in [0.29, 0.717) is 0 Å². The molecule has 128 valence electrons. The van der Waals surface area contributed by atoms with Crippen LogP contribution in [0, 0.1) is 32.7 Å². The van der Waals surface area contributed by atoms with Gasteiger partial charge in [-0.1, -0.05) is 72.1 Å². The van der Waals surface area contributed by atoms with Gasteiger partial charge in [0, 0.05) is 6.04 Å². The SMILES string of the molecule is Cc1cc(C)c(N(C#C/C=C/c2ccccc2)c2ccccc2)c(C)c1. The molecule has 26 heavy (non-hydrogen) atoms. The van der Waals surface area contributed by atoms with Gasteiger partial charge < -0.3 is 0 Å². The Morgan fingerprint density at radius 2 is 1.35 bits per heavy atom. The van der Waals surface area contributed by atoms with E-state index >= 15 is 0 Å². The van der Waals surface area contributed by atoms with E-state index in [1.807, 2.05) is 48.6 Å². The maximum atomic E-state index is 3.32. The molecule has 3 rings (SSSR count). The topological polar surface area (TPSA) is 3.24 Å². The second-order valence-electron chi connectivity index (χ2n) is 6.42. The molecule has 0 saturated carbocycles. The number of hydrogen-bond acceptors (Lipinski definition) is 1. The fourth-order valence-electron chi connectivity index (χ4n) is 3.16. The number of aryl methyl sites for hydroxylation is 3. The minimum Gasteiger partial charge on any atom is -0.269 e. The van der Waals surface area contributed by atoms with E-state index in [9.17, 15) is 0 Å². The fourth-order valence-corrected chi connectivity index (χ4v) is 3.16. The Morgan fingerprint density at radius 3 is 1.96 bits per heavy atom. The van der Waals surface area contributed by atoms with Crippen LogP contribution in [0.4, 0.5) is 11.4 Å². The van der Waals surface area contributed by atoms with E-state index in [1.165, 1.54) is 16.7 Å². The summed E-state index contributed by atoms with van der Waals surface area (Å²) in [6.45, 7) is 6.42. The standard InChI is InChI=1S/C25H23N/c1-20-18-21(2)25(22(3)19-20)26(24-15-8-5-9-16-24)17-11-10-14-23-12-6-4-7-13-23/h4-10,12-16,18-19H,1-3H3/b14-10+. The number of anilines is 2. The smallest absolute Gasteiger partial charge is 0.0604 e. The molecule has 0 fully saturated rings. The molecule has 3 aromatic rings. The average Bonchev–Trinajstić information content (AvgIpc) is 2.64. The molecule has 0 bridgehead atoms. The lowest BCUT2D eigenvalue weighted by atomic mass is 10.0. The lowest BCUT2D eigenvalue weighted by molar-refractivity contribution is 1.23. The highest BCUT2D eigenvalue weighted by Gasteiger charge is 2.12. The Hall–Kier alpha value is -3.24. The molecule has 0 spiro atoms. The molecule has 0 atom stereocenters. The van der Waals surface area contributed by atoms with Gasteiger partial charge in [0.25, 0.3) is 0 Å². The molecule has 0 radical (unpaired) electrons. The second-order valence-corrected chi connectivity index (χ2v) is 6.42. The third kappa shape index (κ3) is 4.23. The summed E-state index contributed by atoms with van der Waals surface area (Å²) < 4.78 is 0. The zero-order chi connectivity index (χ0) is 18.4.